The fourth-order valence-corrected chi connectivity index (χ4v) is 1.94. The van der Waals surface area contributed by atoms with E-state index in [1.165, 1.54) is 12.1 Å². The van der Waals surface area contributed by atoms with Crippen LogP contribution in [0.5, 0.6) is 11.5 Å². The van der Waals surface area contributed by atoms with E-state index in [-0.39, 0.29) is 5.82 Å². The summed E-state index contributed by atoms with van der Waals surface area (Å²) in [5, 5.41) is 3.52. The number of ether oxygens (including phenoxy) is 1. The van der Waals surface area contributed by atoms with Gasteiger partial charge in [0, 0.05) is 12.1 Å². The second-order valence-electron chi connectivity index (χ2n) is 4.32. The molecule has 2 aromatic carbocycles. The van der Waals surface area contributed by atoms with E-state index in [2.05, 4.69) is 5.32 Å². The Morgan fingerprint density at radius 3 is 2.68 bits per heavy atom. The molecule has 2 nitrogen and oxygen atoms in total. The molecule has 0 aliphatic carbocycles. The lowest BCUT2D eigenvalue weighted by atomic mass is 10.2. The molecule has 4 heteroatoms. The van der Waals surface area contributed by atoms with Crippen LogP contribution >= 0.6 is 11.6 Å². The van der Waals surface area contributed by atoms with Gasteiger partial charge in [-0.15, -0.1) is 0 Å². The van der Waals surface area contributed by atoms with Gasteiger partial charge in [0.1, 0.15) is 17.3 Å². The smallest absolute Gasteiger partial charge is 0.146 e. The average Bonchev–Trinajstić information content (AvgIpc) is 2.37. The van der Waals surface area contributed by atoms with Crippen LogP contribution in [0.15, 0.2) is 36.4 Å². The molecule has 0 radical (unpaired) electrons. The fraction of sp³-hybridized carbons (Fsp3) is 0.200. The highest BCUT2D eigenvalue weighted by Gasteiger charge is 2.09. The largest absolute Gasteiger partial charge is 0.455 e. The number of benzene rings is 2. The van der Waals surface area contributed by atoms with Gasteiger partial charge in [0.2, 0.25) is 0 Å². The number of hydrogen-bond donors (Lipinski definition) is 1. The number of aryl methyl sites for hydroxylation is 1. The minimum absolute atomic E-state index is 0.284. The van der Waals surface area contributed by atoms with Gasteiger partial charge < -0.3 is 10.1 Å². The number of hydrogen-bond acceptors (Lipinski definition) is 2. The summed E-state index contributed by atoms with van der Waals surface area (Å²) < 4.78 is 19.0. The van der Waals surface area contributed by atoms with Crippen LogP contribution in [0.2, 0.25) is 5.02 Å². The molecule has 19 heavy (non-hydrogen) atoms. The molecule has 1 N–H and O–H groups in total. The first-order valence-electron chi connectivity index (χ1n) is 5.97. The van der Waals surface area contributed by atoms with Crippen LogP contribution in [0.25, 0.3) is 0 Å². The highest BCUT2D eigenvalue weighted by Crippen LogP contribution is 2.32. The Hall–Kier alpha value is -1.58. The van der Waals surface area contributed by atoms with Crippen LogP contribution in [0.3, 0.4) is 0 Å². The molecule has 0 aromatic heterocycles. The zero-order valence-corrected chi connectivity index (χ0v) is 11.6. The van der Waals surface area contributed by atoms with Crippen molar-refractivity contribution in [2.45, 2.75) is 13.5 Å². The van der Waals surface area contributed by atoms with Gasteiger partial charge >= 0.3 is 0 Å². The maximum absolute atomic E-state index is 13.2. The van der Waals surface area contributed by atoms with Crippen molar-refractivity contribution in [1.29, 1.82) is 0 Å². The van der Waals surface area contributed by atoms with Crippen LogP contribution in [-0.2, 0) is 6.54 Å². The van der Waals surface area contributed by atoms with Crippen molar-refractivity contribution in [3.8, 4) is 11.5 Å². The second-order valence-corrected chi connectivity index (χ2v) is 4.73. The summed E-state index contributed by atoms with van der Waals surface area (Å²) in [7, 11) is 1.80. The summed E-state index contributed by atoms with van der Waals surface area (Å²) >= 11 is 6.09. The van der Waals surface area contributed by atoms with E-state index in [0.29, 0.717) is 23.1 Å². The molecule has 0 saturated carbocycles. The number of nitrogens with one attached hydrogen (secondary N) is 1. The predicted molar refractivity (Wildman–Crippen MR) is 75.4 cm³/mol. The lowest BCUT2D eigenvalue weighted by Crippen LogP contribution is -2.06. The van der Waals surface area contributed by atoms with Crippen molar-refractivity contribution in [2.24, 2.45) is 0 Å². The van der Waals surface area contributed by atoms with Gasteiger partial charge in [-0.25, -0.2) is 4.39 Å². The van der Waals surface area contributed by atoms with Crippen molar-refractivity contribution >= 4 is 11.6 Å². The second kappa shape index (κ2) is 6.04. The van der Waals surface area contributed by atoms with E-state index in [4.69, 9.17) is 16.3 Å². The Bertz CT molecular complexity index is 586. The lowest BCUT2D eigenvalue weighted by molar-refractivity contribution is 0.471. The minimum Gasteiger partial charge on any atom is -0.455 e. The molecule has 0 aliphatic heterocycles. The molecule has 100 valence electrons. The van der Waals surface area contributed by atoms with Crippen molar-refractivity contribution in [2.75, 3.05) is 7.05 Å². The third kappa shape index (κ3) is 3.46. The van der Waals surface area contributed by atoms with Crippen LogP contribution in [-0.4, -0.2) is 7.05 Å². The van der Waals surface area contributed by atoms with E-state index in [0.717, 1.165) is 11.1 Å². The van der Waals surface area contributed by atoms with Crippen molar-refractivity contribution < 1.29 is 9.13 Å². The zero-order valence-electron chi connectivity index (χ0n) is 10.8. The maximum atomic E-state index is 13.2. The quantitative estimate of drug-likeness (QED) is 0.901. The first-order valence-corrected chi connectivity index (χ1v) is 6.35. The molecule has 0 saturated heterocycles. The van der Waals surface area contributed by atoms with E-state index >= 15 is 0 Å². The summed E-state index contributed by atoms with van der Waals surface area (Å²) in [4.78, 5) is 0. The molecule has 0 unspecified atom stereocenters. The van der Waals surface area contributed by atoms with Gasteiger partial charge in [-0.2, -0.15) is 0 Å². The summed E-state index contributed by atoms with van der Waals surface area (Å²) in [6.45, 7) is 2.49. The van der Waals surface area contributed by atoms with E-state index in [9.17, 15) is 4.39 Å². The Morgan fingerprint density at radius 2 is 1.95 bits per heavy atom. The molecule has 2 aromatic rings. The van der Waals surface area contributed by atoms with E-state index in [1.54, 1.807) is 19.2 Å². The molecule has 0 fully saturated rings. The maximum Gasteiger partial charge on any atom is 0.146 e. The average molecular weight is 280 g/mol. The van der Waals surface area contributed by atoms with Crippen molar-refractivity contribution in [3.63, 3.8) is 0 Å². The Balaban J connectivity index is 2.34. The first-order chi connectivity index (χ1) is 9.10. The molecular formula is C15H15ClFNO. The van der Waals surface area contributed by atoms with Crippen molar-refractivity contribution in [1.82, 2.24) is 5.32 Å². The Kier molecular flexibility index (Phi) is 4.40. The standard InChI is InChI=1S/C15H15ClFNO/c1-10-3-5-13(16)15(7-10)19-14-6-4-12(17)8-11(14)9-18-2/h3-8,18H,9H2,1-2H3. The zero-order chi connectivity index (χ0) is 13.8. The monoisotopic (exact) mass is 279 g/mol. The normalized spacial score (nSPS) is 10.5. The predicted octanol–water partition coefficient (Wildman–Crippen LogP) is 4.30. The van der Waals surface area contributed by atoms with Gasteiger partial charge in [0.25, 0.3) is 0 Å². The molecule has 2 rings (SSSR count). The topological polar surface area (TPSA) is 21.3 Å². The van der Waals surface area contributed by atoms with Crippen molar-refractivity contribution in [3.05, 3.63) is 58.4 Å². The molecule has 0 amide bonds. The molecule has 0 heterocycles. The fourth-order valence-electron chi connectivity index (χ4n) is 1.78. The Labute approximate surface area is 117 Å². The lowest BCUT2D eigenvalue weighted by Gasteiger charge is -2.12. The van der Waals surface area contributed by atoms with Crippen LogP contribution in [0, 0.1) is 12.7 Å². The molecule has 0 spiro atoms. The van der Waals surface area contributed by atoms with Crippen LogP contribution < -0.4 is 10.1 Å². The van der Waals surface area contributed by atoms with E-state index in [1.807, 2.05) is 19.1 Å². The Morgan fingerprint density at radius 1 is 1.16 bits per heavy atom. The summed E-state index contributed by atoms with van der Waals surface area (Å²) in [6, 6.07) is 9.99. The SMILES string of the molecule is CNCc1cc(F)ccc1Oc1cc(C)ccc1Cl. The van der Waals surface area contributed by atoms with Gasteiger partial charge in [-0.3, -0.25) is 0 Å². The molecule has 0 bridgehead atoms. The summed E-state index contributed by atoms with van der Waals surface area (Å²) in [5.41, 5.74) is 1.80. The van der Waals surface area contributed by atoms with E-state index < -0.39 is 0 Å². The molecular weight excluding hydrogens is 265 g/mol. The van der Waals surface area contributed by atoms with Crippen LogP contribution in [0.1, 0.15) is 11.1 Å². The minimum atomic E-state index is -0.284. The summed E-state index contributed by atoms with van der Waals surface area (Å²) in [6.07, 6.45) is 0. The number of halogens is 2. The van der Waals surface area contributed by atoms with Gasteiger partial charge in [0.05, 0.1) is 5.02 Å². The summed E-state index contributed by atoms with van der Waals surface area (Å²) in [5.74, 6) is 0.891. The van der Waals surface area contributed by atoms with Gasteiger partial charge in [0.15, 0.2) is 0 Å². The molecule has 0 aliphatic rings. The van der Waals surface area contributed by atoms with Gasteiger partial charge in [-0.1, -0.05) is 17.7 Å². The highest BCUT2D eigenvalue weighted by atomic mass is 35.5. The van der Waals surface area contributed by atoms with Gasteiger partial charge in [-0.05, 0) is 49.9 Å². The molecule has 0 atom stereocenters. The third-order valence-corrected chi connectivity index (χ3v) is 3.01. The first kappa shape index (κ1) is 13.8. The highest BCUT2D eigenvalue weighted by molar-refractivity contribution is 6.32. The van der Waals surface area contributed by atoms with Crippen LogP contribution in [0.4, 0.5) is 4.39 Å². The third-order valence-electron chi connectivity index (χ3n) is 2.70. The number of rotatable bonds is 4.